The lowest BCUT2D eigenvalue weighted by atomic mass is 10.1. The van der Waals surface area contributed by atoms with E-state index >= 15 is 0 Å². The maximum absolute atomic E-state index is 11.3. The van der Waals surface area contributed by atoms with Crippen molar-refractivity contribution in [3.63, 3.8) is 0 Å². The van der Waals surface area contributed by atoms with E-state index in [4.69, 9.17) is 15.7 Å². The van der Waals surface area contributed by atoms with Gasteiger partial charge in [-0.2, -0.15) is 5.26 Å². The first-order valence-corrected chi connectivity index (χ1v) is 6.15. The predicted molar refractivity (Wildman–Crippen MR) is 70.9 cm³/mol. The van der Waals surface area contributed by atoms with E-state index in [0.717, 1.165) is 10.0 Å². The number of rotatable bonds is 5. The van der Waals surface area contributed by atoms with Crippen molar-refractivity contribution in [1.82, 2.24) is 5.32 Å². The third-order valence-electron chi connectivity index (χ3n) is 2.19. The highest BCUT2D eigenvalue weighted by atomic mass is 79.9. The Kier molecular flexibility index (Phi) is 5.62. The summed E-state index contributed by atoms with van der Waals surface area (Å²) in [5, 5.41) is 10.7. The number of ether oxygens (including phenoxy) is 1. The molecule has 3 N–H and O–H groups in total. The lowest BCUT2D eigenvalue weighted by Crippen LogP contribution is -2.29. The number of nitriles is 1. The molecule has 0 spiro atoms. The molecule has 5 nitrogen and oxygen atoms in total. The highest BCUT2D eigenvalue weighted by Gasteiger charge is 2.10. The number of nitrogens with one attached hydrogen (secondary N) is 1. The molecule has 1 amide bonds. The van der Waals surface area contributed by atoms with Crippen molar-refractivity contribution >= 4 is 21.8 Å². The van der Waals surface area contributed by atoms with Crippen LogP contribution in [-0.4, -0.2) is 19.1 Å². The van der Waals surface area contributed by atoms with Gasteiger partial charge in [-0.25, -0.2) is 0 Å². The van der Waals surface area contributed by atoms with Gasteiger partial charge in [0.1, 0.15) is 12.3 Å². The fourth-order valence-corrected chi connectivity index (χ4v) is 1.72. The summed E-state index contributed by atoms with van der Waals surface area (Å²) in [7, 11) is 0. The summed E-state index contributed by atoms with van der Waals surface area (Å²) in [5.41, 5.74) is 6.64. The minimum Gasteiger partial charge on any atom is -0.483 e. The summed E-state index contributed by atoms with van der Waals surface area (Å²) < 4.78 is 6.29. The monoisotopic (exact) mass is 311 g/mol. The van der Waals surface area contributed by atoms with Crippen molar-refractivity contribution in [3.8, 4) is 11.8 Å². The molecular weight excluding hydrogens is 298 g/mol. The zero-order chi connectivity index (χ0) is 13.5. The molecule has 1 aromatic rings. The summed E-state index contributed by atoms with van der Waals surface area (Å²) in [4.78, 5) is 11.3. The van der Waals surface area contributed by atoms with Gasteiger partial charge in [-0.1, -0.05) is 15.9 Å². The summed E-state index contributed by atoms with van der Waals surface area (Å²) in [5.74, 6) is 0.232. The van der Waals surface area contributed by atoms with Gasteiger partial charge in [-0.15, -0.1) is 0 Å². The van der Waals surface area contributed by atoms with Gasteiger partial charge in [0.25, 0.3) is 5.91 Å². The van der Waals surface area contributed by atoms with Crippen molar-refractivity contribution in [2.24, 2.45) is 5.73 Å². The van der Waals surface area contributed by atoms with E-state index in [1.54, 1.807) is 6.07 Å². The average Bonchev–Trinajstić information content (AvgIpc) is 2.34. The van der Waals surface area contributed by atoms with Crippen LogP contribution in [0, 0.1) is 11.3 Å². The van der Waals surface area contributed by atoms with E-state index in [0.29, 0.717) is 5.75 Å². The molecule has 18 heavy (non-hydrogen) atoms. The Morgan fingerprint density at radius 1 is 1.67 bits per heavy atom. The van der Waals surface area contributed by atoms with Crippen LogP contribution in [0.5, 0.6) is 5.75 Å². The number of nitrogens with zero attached hydrogens (tertiary/aromatic N) is 1. The van der Waals surface area contributed by atoms with Gasteiger partial charge in [0, 0.05) is 16.1 Å². The molecule has 0 unspecified atom stereocenters. The van der Waals surface area contributed by atoms with E-state index in [-0.39, 0.29) is 25.1 Å². The maximum atomic E-state index is 11.3. The van der Waals surface area contributed by atoms with Crippen LogP contribution >= 0.6 is 15.9 Å². The molecule has 6 heteroatoms. The number of hydrogen-bond acceptors (Lipinski definition) is 4. The first-order valence-electron chi connectivity index (χ1n) is 5.36. The van der Waals surface area contributed by atoms with Gasteiger partial charge in [0.2, 0.25) is 0 Å². The van der Waals surface area contributed by atoms with Crippen LogP contribution in [0.1, 0.15) is 18.5 Å². The first-order chi connectivity index (χ1) is 8.54. The Bertz CT molecular complexity index is 469. The third-order valence-corrected chi connectivity index (χ3v) is 2.68. The molecule has 0 aliphatic carbocycles. The molecule has 0 radical (unpaired) electrons. The van der Waals surface area contributed by atoms with Crippen LogP contribution in [0.15, 0.2) is 22.7 Å². The van der Waals surface area contributed by atoms with Gasteiger partial charge in [0.15, 0.2) is 6.61 Å². The van der Waals surface area contributed by atoms with Gasteiger partial charge in [0.05, 0.1) is 6.07 Å². The second kappa shape index (κ2) is 6.99. The Hall–Kier alpha value is -1.58. The SMILES string of the molecule is C[C@@H](N)c1cc(Br)ccc1OCC(=O)NCC#N. The zero-order valence-electron chi connectivity index (χ0n) is 9.94. The number of halogens is 1. The van der Waals surface area contributed by atoms with Crippen molar-refractivity contribution in [2.75, 3.05) is 13.2 Å². The number of nitrogens with two attached hydrogens (primary N) is 1. The van der Waals surface area contributed by atoms with Crippen molar-refractivity contribution < 1.29 is 9.53 Å². The van der Waals surface area contributed by atoms with E-state index in [1.807, 2.05) is 25.1 Å². The lowest BCUT2D eigenvalue weighted by Gasteiger charge is -2.14. The second-order valence-corrected chi connectivity index (χ2v) is 4.61. The number of carbonyl (C=O) groups is 1. The molecule has 0 aromatic heterocycles. The summed E-state index contributed by atoms with van der Waals surface area (Å²) in [6, 6.07) is 7.04. The normalized spacial score (nSPS) is 11.4. The molecule has 0 aliphatic rings. The lowest BCUT2D eigenvalue weighted by molar-refractivity contribution is -0.122. The summed E-state index contributed by atoms with van der Waals surface area (Å²) >= 11 is 3.35. The fourth-order valence-electron chi connectivity index (χ4n) is 1.34. The van der Waals surface area contributed by atoms with Gasteiger partial charge < -0.3 is 15.8 Å². The molecule has 0 saturated heterocycles. The fraction of sp³-hybridized carbons (Fsp3) is 0.333. The predicted octanol–water partition coefficient (Wildman–Crippen LogP) is 1.49. The number of benzene rings is 1. The number of carbonyl (C=O) groups excluding carboxylic acids is 1. The van der Waals surface area contributed by atoms with E-state index in [2.05, 4.69) is 21.2 Å². The van der Waals surface area contributed by atoms with E-state index in [1.165, 1.54) is 0 Å². The quantitative estimate of drug-likeness (QED) is 0.806. The molecule has 1 aromatic carbocycles. The highest BCUT2D eigenvalue weighted by molar-refractivity contribution is 9.10. The van der Waals surface area contributed by atoms with Crippen molar-refractivity contribution in [1.29, 1.82) is 5.26 Å². The maximum Gasteiger partial charge on any atom is 0.258 e. The molecular formula is C12H14BrN3O2. The highest BCUT2D eigenvalue weighted by Crippen LogP contribution is 2.27. The minimum atomic E-state index is -0.338. The van der Waals surface area contributed by atoms with Gasteiger partial charge in [-0.05, 0) is 25.1 Å². The molecule has 96 valence electrons. The van der Waals surface area contributed by atoms with Crippen LogP contribution in [-0.2, 0) is 4.79 Å². The summed E-state index contributed by atoms with van der Waals surface area (Å²) in [6.45, 7) is 1.68. The Balaban J connectivity index is 2.67. The Morgan fingerprint density at radius 3 is 3.00 bits per heavy atom. The molecule has 0 aliphatic heterocycles. The molecule has 1 rings (SSSR count). The third kappa shape index (κ3) is 4.35. The number of hydrogen-bond donors (Lipinski definition) is 2. The van der Waals surface area contributed by atoms with Crippen molar-refractivity contribution in [2.45, 2.75) is 13.0 Å². The van der Waals surface area contributed by atoms with Crippen LogP contribution in [0.2, 0.25) is 0 Å². The topological polar surface area (TPSA) is 88.1 Å². The molecule has 1 atom stereocenters. The average molecular weight is 312 g/mol. The van der Waals surface area contributed by atoms with Gasteiger partial charge in [-0.3, -0.25) is 4.79 Å². The molecule has 0 bridgehead atoms. The first kappa shape index (κ1) is 14.5. The Labute approximate surface area is 114 Å². The van der Waals surface area contributed by atoms with E-state index in [9.17, 15) is 4.79 Å². The largest absolute Gasteiger partial charge is 0.483 e. The van der Waals surface area contributed by atoms with Crippen LogP contribution in [0.4, 0.5) is 0 Å². The van der Waals surface area contributed by atoms with E-state index < -0.39 is 0 Å². The molecule has 0 fully saturated rings. The van der Waals surface area contributed by atoms with Crippen LogP contribution < -0.4 is 15.8 Å². The zero-order valence-corrected chi connectivity index (χ0v) is 11.5. The Morgan fingerprint density at radius 2 is 2.39 bits per heavy atom. The van der Waals surface area contributed by atoms with Crippen LogP contribution in [0.3, 0.4) is 0 Å². The second-order valence-electron chi connectivity index (χ2n) is 3.69. The molecule has 0 heterocycles. The number of amides is 1. The van der Waals surface area contributed by atoms with Crippen LogP contribution in [0.25, 0.3) is 0 Å². The molecule has 0 saturated carbocycles. The van der Waals surface area contributed by atoms with Crippen molar-refractivity contribution in [3.05, 3.63) is 28.2 Å². The summed E-state index contributed by atoms with van der Waals surface area (Å²) in [6.07, 6.45) is 0. The van der Waals surface area contributed by atoms with Gasteiger partial charge >= 0.3 is 0 Å². The standard InChI is InChI=1S/C12H14BrN3O2/c1-8(15)10-6-9(13)2-3-11(10)18-7-12(17)16-5-4-14/h2-3,6,8H,5,7,15H2,1H3,(H,16,17)/t8-/m1/s1. The smallest absolute Gasteiger partial charge is 0.258 e. The minimum absolute atomic E-state index is 0.0251.